The topological polar surface area (TPSA) is 122 Å². The molecular weight excluding hydrogens is 488 g/mol. The zero-order valence-corrected chi connectivity index (χ0v) is 21.1. The summed E-state index contributed by atoms with van der Waals surface area (Å²) in [4.78, 5) is 50.2. The summed E-state index contributed by atoms with van der Waals surface area (Å²) in [5.41, 5.74) is 2.64. The van der Waals surface area contributed by atoms with Gasteiger partial charge in [0, 0.05) is 0 Å². The smallest absolute Gasteiger partial charge is 0.335 e. The molecule has 4 rings (SSSR count). The number of aromatic carboxylic acids is 1. The van der Waals surface area contributed by atoms with Crippen molar-refractivity contribution in [2.45, 2.75) is 26.4 Å². The summed E-state index contributed by atoms with van der Waals surface area (Å²) in [6.45, 7) is 4.25. The monoisotopic (exact) mass is 514 g/mol. The number of methoxy groups -OCH3 is 1. The van der Waals surface area contributed by atoms with Gasteiger partial charge in [-0.25, -0.2) is 14.5 Å². The van der Waals surface area contributed by atoms with E-state index in [1.165, 1.54) is 25.3 Å². The number of carboxylic acids is 1. The van der Waals surface area contributed by atoms with Gasteiger partial charge in [-0.15, -0.1) is 0 Å². The van der Waals surface area contributed by atoms with Crippen molar-refractivity contribution >= 4 is 35.6 Å². The first-order valence-electron chi connectivity index (χ1n) is 11.8. The number of ether oxygens (including phenoxy) is 2. The highest BCUT2D eigenvalue weighted by Gasteiger charge is 2.36. The van der Waals surface area contributed by atoms with Gasteiger partial charge in [-0.05, 0) is 65.1 Å². The third kappa shape index (κ3) is 5.57. The lowest BCUT2D eigenvalue weighted by atomic mass is 10.0. The van der Waals surface area contributed by atoms with Crippen LogP contribution in [0.2, 0.25) is 0 Å². The Balaban J connectivity index is 1.55. The molecule has 0 aliphatic carbocycles. The molecule has 3 aromatic carbocycles. The second kappa shape index (κ2) is 11.0. The highest BCUT2D eigenvalue weighted by Crippen LogP contribution is 2.31. The number of benzene rings is 3. The van der Waals surface area contributed by atoms with Gasteiger partial charge in [0.2, 0.25) is 0 Å². The Morgan fingerprint density at radius 2 is 1.66 bits per heavy atom. The van der Waals surface area contributed by atoms with E-state index < -0.39 is 23.8 Å². The van der Waals surface area contributed by atoms with Crippen molar-refractivity contribution in [1.82, 2.24) is 5.32 Å². The van der Waals surface area contributed by atoms with Gasteiger partial charge in [-0.1, -0.05) is 44.2 Å². The Morgan fingerprint density at radius 3 is 2.26 bits per heavy atom. The van der Waals surface area contributed by atoms with Crippen molar-refractivity contribution in [3.63, 3.8) is 0 Å². The zero-order chi connectivity index (χ0) is 27.4. The van der Waals surface area contributed by atoms with Crippen LogP contribution in [0.1, 0.15) is 46.8 Å². The molecule has 194 valence electrons. The molecule has 1 saturated heterocycles. The normalized spacial score (nSPS) is 14.6. The SMILES string of the molecule is COc1cc(C=C2C(=O)NC(=O)N(c3ccc(C(C)C)cc3)C2=O)ccc1OCc1ccc(C(=O)O)cc1. The van der Waals surface area contributed by atoms with Crippen molar-refractivity contribution in [2.24, 2.45) is 0 Å². The molecule has 0 unspecified atom stereocenters. The number of hydrogen-bond donors (Lipinski definition) is 2. The van der Waals surface area contributed by atoms with E-state index in [4.69, 9.17) is 14.6 Å². The first-order valence-corrected chi connectivity index (χ1v) is 11.8. The fourth-order valence-corrected chi connectivity index (χ4v) is 3.86. The van der Waals surface area contributed by atoms with Gasteiger partial charge in [-0.2, -0.15) is 0 Å². The molecule has 2 N–H and O–H groups in total. The molecule has 0 bridgehead atoms. The Hall–Kier alpha value is -4.92. The number of imide groups is 2. The minimum atomic E-state index is -1.01. The summed E-state index contributed by atoms with van der Waals surface area (Å²) in [6.07, 6.45) is 1.39. The highest BCUT2D eigenvalue weighted by molar-refractivity contribution is 6.39. The predicted octanol–water partition coefficient (Wildman–Crippen LogP) is 4.76. The lowest BCUT2D eigenvalue weighted by molar-refractivity contribution is -0.122. The average Bonchev–Trinajstić information content (AvgIpc) is 2.90. The van der Waals surface area contributed by atoms with E-state index in [9.17, 15) is 19.2 Å². The van der Waals surface area contributed by atoms with Gasteiger partial charge in [-0.3, -0.25) is 14.9 Å². The van der Waals surface area contributed by atoms with Crippen molar-refractivity contribution in [3.05, 3.63) is 94.6 Å². The molecule has 1 heterocycles. The summed E-state index contributed by atoms with van der Waals surface area (Å²) in [7, 11) is 1.46. The summed E-state index contributed by atoms with van der Waals surface area (Å²) in [6, 6.07) is 17.4. The molecule has 1 aliphatic heterocycles. The van der Waals surface area contributed by atoms with E-state index in [0.29, 0.717) is 22.7 Å². The van der Waals surface area contributed by atoms with E-state index in [1.54, 1.807) is 42.5 Å². The minimum Gasteiger partial charge on any atom is -0.493 e. The van der Waals surface area contributed by atoms with Gasteiger partial charge in [0.05, 0.1) is 18.4 Å². The molecule has 1 aliphatic rings. The van der Waals surface area contributed by atoms with E-state index in [-0.39, 0.29) is 23.7 Å². The van der Waals surface area contributed by atoms with Crippen molar-refractivity contribution < 1.29 is 33.8 Å². The summed E-state index contributed by atoms with van der Waals surface area (Å²) in [5, 5.41) is 11.2. The van der Waals surface area contributed by atoms with Crippen LogP contribution < -0.4 is 19.7 Å². The van der Waals surface area contributed by atoms with E-state index in [1.807, 2.05) is 26.0 Å². The number of barbiturate groups is 1. The van der Waals surface area contributed by atoms with Gasteiger partial charge < -0.3 is 14.6 Å². The molecule has 4 amide bonds. The average molecular weight is 515 g/mol. The predicted molar refractivity (Wildman–Crippen MR) is 140 cm³/mol. The number of anilines is 1. The first-order chi connectivity index (χ1) is 18.2. The van der Waals surface area contributed by atoms with Crippen LogP contribution in [0.15, 0.2) is 72.3 Å². The van der Waals surface area contributed by atoms with Crippen LogP contribution in [0.3, 0.4) is 0 Å². The van der Waals surface area contributed by atoms with Crippen LogP contribution in [-0.2, 0) is 16.2 Å². The van der Waals surface area contributed by atoms with Gasteiger partial charge in [0.25, 0.3) is 11.8 Å². The number of carbonyl (C=O) groups is 4. The molecule has 38 heavy (non-hydrogen) atoms. The first kappa shape index (κ1) is 26.2. The number of urea groups is 1. The Bertz CT molecular complexity index is 1420. The molecule has 0 radical (unpaired) electrons. The minimum absolute atomic E-state index is 0.171. The van der Waals surface area contributed by atoms with Gasteiger partial charge in [0.15, 0.2) is 11.5 Å². The highest BCUT2D eigenvalue weighted by atomic mass is 16.5. The molecule has 0 atom stereocenters. The fourth-order valence-electron chi connectivity index (χ4n) is 3.86. The van der Waals surface area contributed by atoms with Crippen LogP contribution in [0.4, 0.5) is 10.5 Å². The lowest BCUT2D eigenvalue weighted by Crippen LogP contribution is -2.54. The number of carboxylic acid groups (broad SMARTS) is 1. The molecule has 1 fully saturated rings. The van der Waals surface area contributed by atoms with Crippen LogP contribution in [0.25, 0.3) is 6.08 Å². The molecule has 3 aromatic rings. The van der Waals surface area contributed by atoms with Crippen LogP contribution in [0, 0.1) is 0 Å². The molecular formula is C29H26N2O7. The van der Waals surface area contributed by atoms with E-state index in [2.05, 4.69) is 5.32 Å². The maximum atomic E-state index is 13.2. The second-order valence-corrected chi connectivity index (χ2v) is 8.91. The number of carbonyl (C=O) groups excluding carboxylic acids is 3. The molecule has 9 nitrogen and oxygen atoms in total. The van der Waals surface area contributed by atoms with Crippen molar-refractivity contribution in [2.75, 3.05) is 12.0 Å². The number of hydrogen-bond acceptors (Lipinski definition) is 6. The number of nitrogens with one attached hydrogen (secondary N) is 1. The van der Waals surface area contributed by atoms with E-state index in [0.717, 1.165) is 16.0 Å². The van der Waals surface area contributed by atoms with Crippen molar-refractivity contribution in [1.29, 1.82) is 0 Å². The summed E-state index contributed by atoms with van der Waals surface area (Å²) in [5.74, 6) is -1.48. The second-order valence-electron chi connectivity index (χ2n) is 8.91. The quantitative estimate of drug-likeness (QED) is 0.328. The number of rotatable bonds is 8. The van der Waals surface area contributed by atoms with Crippen LogP contribution in [-0.4, -0.2) is 36.0 Å². The zero-order valence-electron chi connectivity index (χ0n) is 21.1. The third-order valence-electron chi connectivity index (χ3n) is 6.01. The maximum Gasteiger partial charge on any atom is 0.335 e. The van der Waals surface area contributed by atoms with Gasteiger partial charge >= 0.3 is 12.0 Å². The number of nitrogens with zero attached hydrogens (tertiary/aromatic N) is 1. The molecule has 9 heteroatoms. The molecule has 0 spiro atoms. The van der Waals surface area contributed by atoms with E-state index >= 15 is 0 Å². The standard InChI is InChI=1S/C29H26N2O7/c1-17(2)20-9-11-22(12-10-20)31-27(33)23(26(32)30-29(31)36)14-19-6-13-24(25(15-19)37-3)38-16-18-4-7-21(8-5-18)28(34)35/h4-15,17H,16H2,1-3H3,(H,34,35)(H,30,32,36). The summed E-state index contributed by atoms with van der Waals surface area (Å²) < 4.78 is 11.2. The molecule has 0 aromatic heterocycles. The lowest BCUT2D eigenvalue weighted by Gasteiger charge is -2.26. The third-order valence-corrected chi connectivity index (χ3v) is 6.01. The largest absolute Gasteiger partial charge is 0.493 e. The number of amides is 4. The van der Waals surface area contributed by atoms with Crippen LogP contribution in [0.5, 0.6) is 11.5 Å². The van der Waals surface area contributed by atoms with Crippen molar-refractivity contribution in [3.8, 4) is 11.5 Å². The fraction of sp³-hybridized carbons (Fsp3) is 0.172. The maximum absolute atomic E-state index is 13.2. The van der Waals surface area contributed by atoms with Crippen LogP contribution >= 0.6 is 0 Å². The Morgan fingerprint density at radius 1 is 0.974 bits per heavy atom. The summed E-state index contributed by atoms with van der Waals surface area (Å²) >= 11 is 0. The Labute approximate surface area is 219 Å². The Kier molecular flexibility index (Phi) is 7.57. The van der Waals surface area contributed by atoms with Gasteiger partial charge in [0.1, 0.15) is 12.2 Å². The molecule has 0 saturated carbocycles.